The molecule has 0 radical (unpaired) electrons. The lowest BCUT2D eigenvalue weighted by atomic mass is 10.1. The van der Waals surface area contributed by atoms with E-state index < -0.39 is 17.5 Å². The highest BCUT2D eigenvalue weighted by molar-refractivity contribution is 5.89. The summed E-state index contributed by atoms with van der Waals surface area (Å²) in [4.78, 5) is 23.3. The summed E-state index contributed by atoms with van der Waals surface area (Å²) >= 11 is 0. The van der Waals surface area contributed by atoms with E-state index in [1.807, 2.05) is 42.5 Å². The number of carbonyl (C=O) groups is 2. The van der Waals surface area contributed by atoms with Gasteiger partial charge in [0.1, 0.15) is 5.75 Å². The number of carbonyl (C=O) groups excluding carboxylic acids is 1. The van der Waals surface area contributed by atoms with E-state index in [-0.39, 0.29) is 12.5 Å². The number of carboxylic acids is 1. The topological polar surface area (TPSA) is 75.6 Å². The van der Waals surface area contributed by atoms with Crippen molar-refractivity contribution in [1.82, 2.24) is 5.32 Å². The summed E-state index contributed by atoms with van der Waals surface area (Å²) < 4.78 is 5.78. The first-order chi connectivity index (χ1) is 11.0. The highest BCUT2D eigenvalue weighted by Gasteiger charge is 2.50. The van der Waals surface area contributed by atoms with Crippen LogP contribution in [-0.4, -0.2) is 29.6 Å². The molecule has 2 aromatic carbocycles. The number of hydrogen-bond acceptors (Lipinski definition) is 3. The lowest BCUT2D eigenvalue weighted by molar-refractivity contribution is -0.143. The fraction of sp³-hybridized carbons (Fsp3) is 0.333. The maximum absolute atomic E-state index is 12.2. The Kier molecular flexibility index (Phi) is 3.94. The molecular formula is C18H19NO4. The molecule has 0 aliphatic heterocycles. The monoisotopic (exact) mass is 313 g/mol. The van der Waals surface area contributed by atoms with E-state index in [9.17, 15) is 9.59 Å². The molecule has 0 aromatic heterocycles. The quantitative estimate of drug-likeness (QED) is 0.859. The first kappa shape index (κ1) is 15.3. The molecule has 1 aliphatic rings. The van der Waals surface area contributed by atoms with Gasteiger partial charge in [-0.2, -0.15) is 0 Å². The van der Waals surface area contributed by atoms with Gasteiger partial charge in [0.2, 0.25) is 0 Å². The fourth-order valence-electron chi connectivity index (χ4n) is 2.56. The highest BCUT2D eigenvalue weighted by Crippen LogP contribution is 2.45. The van der Waals surface area contributed by atoms with Crippen molar-refractivity contribution in [2.75, 3.05) is 6.54 Å². The molecule has 3 rings (SSSR count). The van der Waals surface area contributed by atoms with Gasteiger partial charge < -0.3 is 15.2 Å². The third kappa shape index (κ3) is 3.13. The van der Waals surface area contributed by atoms with Crippen LogP contribution in [0.4, 0.5) is 0 Å². The summed E-state index contributed by atoms with van der Waals surface area (Å²) in [5.41, 5.74) is -0.769. The highest BCUT2D eigenvalue weighted by atomic mass is 16.5. The van der Waals surface area contributed by atoms with Crippen LogP contribution in [0.5, 0.6) is 5.75 Å². The molecule has 5 heteroatoms. The number of hydrogen-bond donors (Lipinski definition) is 2. The zero-order valence-corrected chi connectivity index (χ0v) is 12.9. The molecular weight excluding hydrogens is 294 g/mol. The SMILES string of the molecule is CC(Oc1cccc2ccccc12)C(=O)NCC1(C(=O)O)CC1. The van der Waals surface area contributed by atoms with Crippen molar-refractivity contribution in [3.8, 4) is 5.75 Å². The Morgan fingerprint density at radius 1 is 1.22 bits per heavy atom. The molecule has 0 spiro atoms. The predicted octanol–water partition coefficient (Wildman–Crippen LogP) is 2.59. The van der Waals surface area contributed by atoms with Crippen molar-refractivity contribution in [3.63, 3.8) is 0 Å². The zero-order chi connectivity index (χ0) is 16.4. The largest absolute Gasteiger partial charge is 0.481 e. The first-order valence-electron chi connectivity index (χ1n) is 7.67. The van der Waals surface area contributed by atoms with E-state index in [4.69, 9.17) is 9.84 Å². The van der Waals surface area contributed by atoms with Gasteiger partial charge >= 0.3 is 5.97 Å². The van der Waals surface area contributed by atoms with Gasteiger partial charge in [-0.25, -0.2) is 0 Å². The fourth-order valence-corrected chi connectivity index (χ4v) is 2.56. The van der Waals surface area contributed by atoms with Crippen LogP contribution in [0.2, 0.25) is 0 Å². The molecule has 1 unspecified atom stereocenters. The average molecular weight is 313 g/mol. The van der Waals surface area contributed by atoms with Crippen LogP contribution in [0.1, 0.15) is 19.8 Å². The Balaban J connectivity index is 1.65. The van der Waals surface area contributed by atoms with E-state index in [0.717, 1.165) is 10.8 Å². The number of amides is 1. The molecule has 1 amide bonds. The lowest BCUT2D eigenvalue weighted by Gasteiger charge is -2.17. The normalized spacial score (nSPS) is 16.6. The maximum atomic E-state index is 12.2. The molecule has 0 saturated heterocycles. The van der Waals surface area contributed by atoms with Crippen molar-refractivity contribution in [3.05, 3.63) is 42.5 Å². The number of rotatable bonds is 6. The first-order valence-corrected chi connectivity index (χ1v) is 7.67. The standard InChI is InChI=1S/C18H19NO4/c1-12(16(20)19-11-18(9-10-18)17(21)22)23-15-8-4-6-13-5-2-3-7-14(13)15/h2-8,12H,9-11H2,1H3,(H,19,20)(H,21,22). The van der Waals surface area contributed by atoms with E-state index in [1.165, 1.54) is 0 Å². The summed E-state index contributed by atoms with van der Waals surface area (Å²) in [7, 11) is 0. The Labute approximate surface area is 134 Å². The van der Waals surface area contributed by atoms with Crippen molar-refractivity contribution in [1.29, 1.82) is 0 Å². The van der Waals surface area contributed by atoms with E-state index in [2.05, 4.69) is 5.32 Å². The second-order valence-corrected chi connectivity index (χ2v) is 6.04. The molecule has 1 aliphatic carbocycles. The molecule has 23 heavy (non-hydrogen) atoms. The van der Waals surface area contributed by atoms with Crippen LogP contribution >= 0.6 is 0 Å². The molecule has 1 saturated carbocycles. The Bertz CT molecular complexity index is 746. The third-order valence-electron chi connectivity index (χ3n) is 4.33. The number of benzene rings is 2. The van der Waals surface area contributed by atoms with E-state index in [1.54, 1.807) is 6.92 Å². The Morgan fingerprint density at radius 3 is 2.61 bits per heavy atom. The van der Waals surface area contributed by atoms with Crippen molar-refractivity contribution < 1.29 is 19.4 Å². The van der Waals surface area contributed by atoms with Crippen LogP contribution in [0.25, 0.3) is 10.8 Å². The smallest absolute Gasteiger partial charge is 0.311 e. The lowest BCUT2D eigenvalue weighted by Crippen LogP contribution is -2.41. The second-order valence-electron chi connectivity index (χ2n) is 6.04. The second kappa shape index (κ2) is 5.91. The minimum absolute atomic E-state index is 0.157. The third-order valence-corrected chi connectivity index (χ3v) is 4.33. The number of aliphatic carboxylic acids is 1. The van der Waals surface area contributed by atoms with Gasteiger partial charge in [-0.1, -0.05) is 36.4 Å². The van der Waals surface area contributed by atoms with Crippen molar-refractivity contribution in [2.24, 2.45) is 5.41 Å². The van der Waals surface area contributed by atoms with E-state index >= 15 is 0 Å². The maximum Gasteiger partial charge on any atom is 0.311 e. The zero-order valence-electron chi connectivity index (χ0n) is 12.9. The summed E-state index contributed by atoms with van der Waals surface area (Å²) in [5, 5.41) is 13.8. The summed E-state index contributed by atoms with van der Waals surface area (Å²) in [5.74, 6) is -0.504. The van der Waals surface area contributed by atoms with Gasteiger partial charge in [0.05, 0.1) is 5.41 Å². The van der Waals surface area contributed by atoms with Gasteiger partial charge in [-0.15, -0.1) is 0 Å². The molecule has 5 nitrogen and oxygen atoms in total. The van der Waals surface area contributed by atoms with Crippen LogP contribution in [0.15, 0.2) is 42.5 Å². The van der Waals surface area contributed by atoms with Crippen molar-refractivity contribution >= 4 is 22.6 Å². The molecule has 2 aromatic rings. The molecule has 1 atom stereocenters. The predicted molar refractivity (Wildman–Crippen MR) is 86.4 cm³/mol. The minimum atomic E-state index is -0.847. The Hall–Kier alpha value is -2.56. The number of ether oxygens (including phenoxy) is 1. The van der Waals surface area contributed by atoms with Crippen LogP contribution in [0, 0.1) is 5.41 Å². The summed E-state index contributed by atoms with van der Waals surface area (Å²) in [6.45, 7) is 1.82. The minimum Gasteiger partial charge on any atom is -0.481 e. The van der Waals surface area contributed by atoms with Crippen LogP contribution in [-0.2, 0) is 9.59 Å². The number of fused-ring (bicyclic) bond motifs is 1. The Morgan fingerprint density at radius 2 is 1.91 bits per heavy atom. The van der Waals surface area contributed by atoms with Gasteiger partial charge in [-0.3, -0.25) is 9.59 Å². The van der Waals surface area contributed by atoms with E-state index in [0.29, 0.717) is 18.6 Å². The molecule has 0 heterocycles. The van der Waals surface area contributed by atoms with Crippen molar-refractivity contribution in [2.45, 2.75) is 25.9 Å². The van der Waals surface area contributed by atoms with Crippen LogP contribution in [0.3, 0.4) is 0 Å². The molecule has 0 bridgehead atoms. The molecule has 120 valence electrons. The average Bonchev–Trinajstić information content (AvgIpc) is 3.34. The van der Waals surface area contributed by atoms with Crippen LogP contribution < -0.4 is 10.1 Å². The number of carboxylic acid groups (broad SMARTS) is 1. The van der Waals surface area contributed by atoms with Gasteiger partial charge in [0.15, 0.2) is 6.10 Å². The van der Waals surface area contributed by atoms with Gasteiger partial charge in [-0.05, 0) is 31.2 Å². The van der Waals surface area contributed by atoms with Gasteiger partial charge in [0, 0.05) is 11.9 Å². The summed E-state index contributed by atoms with van der Waals surface area (Å²) in [6.07, 6.45) is 0.535. The number of nitrogens with one attached hydrogen (secondary N) is 1. The van der Waals surface area contributed by atoms with Gasteiger partial charge in [0.25, 0.3) is 5.91 Å². The molecule has 2 N–H and O–H groups in total. The molecule has 1 fully saturated rings. The summed E-state index contributed by atoms with van der Waals surface area (Å²) in [6, 6.07) is 13.5.